The summed E-state index contributed by atoms with van der Waals surface area (Å²) in [5.41, 5.74) is 11.8. The number of aromatic amines is 2. The molecule has 3 aromatic heterocycles. The molecule has 0 aliphatic carbocycles. The van der Waals surface area contributed by atoms with E-state index in [1.165, 1.54) is 0 Å². The molecular formula is C104H114N16O8Zn+10. The summed E-state index contributed by atoms with van der Waals surface area (Å²) in [5, 5.41) is 2.37. The Balaban J connectivity index is 0.0000122. The molecule has 0 unspecified atom stereocenters. The molecular weight excluding hydrogens is 1670 g/mol. The van der Waals surface area contributed by atoms with Crippen LogP contribution in [0, 0.1) is 0 Å². The third kappa shape index (κ3) is 19.3. The van der Waals surface area contributed by atoms with E-state index in [4.69, 9.17) is 67.8 Å². The Hall–Kier alpha value is -13.3. The van der Waals surface area contributed by atoms with Gasteiger partial charge in [0.05, 0.1) is 169 Å². The molecule has 0 fully saturated rings. The number of nitrogens with zero attached hydrogens (tertiary/aromatic N) is 14. The Morgan fingerprint density at radius 2 is 0.318 bits per heavy atom. The number of ether oxygens (including phenoxy) is 8. The van der Waals surface area contributed by atoms with Crippen LogP contribution in [0.25, 0.3) is 89.7 Å². The van der Waals surface area contributed by atoms with Crippen molar-refractivity contribution in [3.05, 3.63) is 243 Å². The minimum Gasteiger partial charge on any atom is -0.453 e. The summed E-state index contributed by atoms with van der Waals surface area (Å²) in [7, 11) is 51.0. The minimum absolute atomic E-state index is 0. The predicted molar refractivity (Wildman–Crippen MR) is 525 cm³/mol. The molecule has 0 atom stereocenters. The van der Waals surface area contributed by atoms with E-state index in [9.17, 15) is 0 Å². The summed E-state index contributed by atoms with van der Waals surface area (Å²) in [5.74, 6) is 8.78. The maximum Gasteiger partial charge on any atom is 2.00 e. The monoisotopic (exact) mass is 1780 g/mol. The molecule has 0 saturated carbocycles. The molecule has 24 nitrogen and oxygen atoms in total. The van der Waals surface area contributed by atoms with E-state index in [1.54, 1.807) is 0 Å². The van der Waals surface area contributed by atoms with E-state index in [1.807, 2.05) is 194 Å². The fourth-order valence-electron chi connectivity index (χ4n) is 15.2. The Morgan fingerprint density at radius 1 is 0.178 bits per heavy atom. The van der Waals surface area contributed by atoms with E-state index in [2.05, 4.69) is 228 Å². The maximum absolute atomic E-state index is 7.20. The van der Waals surface area contributed by atoms with Gasteiger partial charge < -0.3 is 47.9 Å². The zero-order valence-electron chi connectivity index (χ0n) is 78.3. The van der Waals surface area contributed by atoms with Crippen molar-refractivity contribution in [3.8, 4) is 138 Å². The Labute approximate surface area is 767 Å². The Bertz CT molecular complexity index is 6260. The van der Waals surface area contributed by atoms with Crippen LogP contribution < -0.4 is 73.8 Å². The molecule has 2 N–H and O–H groups in total. The van der Waals surface area contributed by atoms with Gasteiger partial charge in [-0.1, -0.05) is 48.5 Å². The van der Waals surface area contributed by atoms with Crippen LogP contribution >= 0.6 is 0 Å². The molecule has 0 radical (unpaired) electrons. The summed E-state index contributed by atoms with van der Waals surface area (Å²) in [4.78, 5) is 41.7. The number of H-pyrrole nitrogens is 2. The van der Waals surface area contributed by atoms with Gasteiger partial charge in [-0.3, -0.25) is 35.9 Å². The van der Waals surface area contributed by atoms with Crippen molar-refractivity contribution >= 4 is 89.6 Å². The molecule has 5 heterocycles. The van der Waals surface area contributed by atoms with E-state index >= 15 is 0 Å². The van der Waals surface area contributed by atoms with Crippen molar-refractivity contribution in [2.45, 2.75) is 0 Å². The zero-order valence-corrected chi connectivity index (χ0v) is 81.3. The van der Waals surface area contributed by atoms with Crippen LogP contribution in [-0.4, -0.2) is 209 Å². The summed E-state index contributed by atoms with van der Waals surface area (Å²) >= 11 is 0. The number of benzene rings is 12. The quantitative estimate of drug-likeness (QED) is 0.0430. The van der Waals surface area contributed by atoms with Crippen LogP contribution in [0.1, 0.15) is 0 Å². The molecule has 8 bridgehead atoms. The van der Waals surface area contributed by atoms with Crippen LogP contribution in [0.2, 0.25) is 0 Å². The first-order valence-corrected chi connectivity index (χ1v) is 42.7. The summed E-state index contributed by atoms with van der Waals surface area (Å²) < 4.78 is 61.8. The van der Waals surface area contributed by atoms with Crippen LogP contribution in [0.15, 0.2) is 243 Å². The molecule has 2 aliphatic rings. The van der Waals surface area contributed by atoms with Crippen LogP contribution in [0.4, 0.5) is 45.5 Å². The van der Waals surface area contributed by atoms with Gasteiger partial charge in [0.1, 0.15) is 114 Å². The van der Waals surface area contributed by atoms with E-state index in [0.29, 0.717) is 194 Å². The minimum atomic E-state index is 0. The van der Waals surface area contributed by atoms with Gasteiger partial charge in [-0.25, -0.2) is 29.9 Å². The topological polar surface area (TPSA) is 183 Å². The second-order valence-electron chi connectivity index (χ2n) is 39.9. The van der Waals surface area contributed by atoms with Gasteiger partial charge in [-0.15, -0.1) is 0 Å². The van der Waals surface area contributed by atoms with Crippen molar-refractivity contribution < 1.29 is 57.4 Å². The second kappa shape index (κ2) is 33.4. The first-order valence-electron chi connectivity index (χ1n) is 42.7. The van der Waals surface area contributed by atoms with Crippen LogP contribution in [0.3, 0.4) is 0 Å². The average Bonchev–Trinajstić information content (AvgIpc) is 1.59. The fourth-order valence-corrected chi connectivity index (χ4v) is 15.2. The zero-order chi connectivity index (χ0) is 90.7. The molecule has 0 saturated heterocycles. The molecule has 2 aliphatic heterocycles. The summed E-state index contributed by atoms with van der Waals surface area (Å²) in [6, 6.07) is 80.2. The van der Waals surface area contributed by atoms with E-state index < -0.39 is 0 Å². The number of hydrogen-bond acceptors (Lipinski definition) is 14. The van der Waals surface area contributed by atoms with Gasteiger partial charge in [0.2, 0.25) is 0 Å². The summed E-state index contributed by atoms with van der Waals surface area (Å²) in [6.45, 7) is 0. The third-order valence-electron chi connectivity index (χ3n) is 22.6. The molecule has 12 aromatic carbocycles. The SMILES string of the molecule is C[N+](C)(C)c1cccc(Oc2cc3c(cc2Oc2cccc([N+](C)(C)C)c2)-c2nc-3nc3[nH]c(nc4nc(nc5[nH]c(n2)c2cc(Oc6cccc([N+](C)(C)C)c6)c(Oc6cccc([N+](C)(C)C)c6)cc52)-c2cc(Oc5cccc([N+](C)(C)C)c5)c(Oc5cccc([N+](C)(C)C)c5)cc2-4)c2cc(Oc4cccc([N+](C)(C)C)c4)c(Oc4cccc([N+](C)(C)C)c4)cc32)c1.[Zn+2]. The molecule has 25 heteroatoms. The van der Waals surface area contributed by atoms with Gasteiger partial charge in [-0.2, -0.15) is 0 Å². The standard InChI is InChI=1S/C104H114N16O8.Zn/c1-113(2,3)65-33-25-41-73(49-65)121-89-57-81-82(58-90(89)122-74-42-26-34-66(50-74)114(4,5)6)98-105-97(81)109-99-83-59-91(123-75-43-27-35-67(51-75)115(7,8)9)92(124-76-44-28-36-68(52-76)116(10,11)12)60-84(83)101(106-99)111-103-87-63-95(127-79-47-31-39-71(55-79)119(19,20)21)96(128-80-48-32-40-72(56-80)120(22,23)24)64-88(87)104(108-103)112-102-86-62-94(126-78-46-30-38-70(54-78)118(16,17)18)93(61-85(86)100(107-102)110-98)125-77-45-29-37-69(53-77)117(13,14)15;/h25-64H,1-24H3,(H2,105,106,107,108,109,110,111,112);/q+8;+2. The first-order chi connectivity index (χ1) is 60.3. The van der Waals surface area contributed by atoms with Gasteiger partial charge in [0, 0.05) is 92.3 Å². The average molecular weight is 1780 g/mol. The predicted octanol–water partition coefficient (Wildman–Crippen LogP) is 22.8. The summed E-state index contributed by atoms with van der Waals surface area (Å²) in [6.07, 6.45) is 0. The molecule has 15 aromatic rings. The van der Waals surface area contributed by atoms with Crippen molar-refractivity contribution in [2.24, 2.45) is 0 Å². The molecule has 17 rings (SSSR count). The van der Waals surface area contributed by atoms with Crippen molar-refractivity contribution in [1.82, 2.24) is 75.7 Å². The Kier molecular flexibility index (Phi) is 23.1. The number of hydrogen-bond donors (Lipinski definition) is 2. The van der Waals surface area contributed by atoms with Gasteiger partial charge in [0.15, 0.2) is 69.3 Å². The van der Waals surface area contributed by atoms with Crippen LogP contribution in [-0.2, 0) is 19.5 Å². The van der Waals surface area contributed by atoms with Crippen molar-refractivity contribution in [2.75, 3.05) is 169 Å². The molecule has 129 heavy (non-hydrogen) atoms. The normalized spacial score (nSPS) is 12.6. The molecule has 0 amide bonds. The number of quaternary nitrogens is 8. The molecule has 0 spiro atoms. The number of fused-ring (bicyclic) bond motifs is 20. The van der Waals surface area contributed by atoms with Gasteiger partial charge in [0.25, 0.3) is 0 Å². The number of aromatic nitrogens is 8. The van der Waals surface area contributed by atoms with E-state index in [-0.39, 0.29) is 42.8 Å². The smallest absolute Gasteiger partial charge is 0.453 e. The van der Waals surface area contributed by atoms with Crippen molar-refractivity contribution in [1.29, 1.82) is 0 Å². The van der Waals surface area contributed by atoms with Gasteiger partial charge in [-0.05, 0) is 146 Å². The van der Waals surface area contributed by atoms with Gasteiger partial charge >= 0.3 is 19.5 Å². The largest absolute Gasteiger partial charge is 2.00 e. The number of rotatable bonds is 24. The maximum atomic E-state index is 7.20. The number of nitrogens with one attached hydrogen (secondary N) is 2. The molecule has 650 valence electrons. The fraction of sp³-hybridized carbons (Fsp3) is 0.231. The first kappa shape index (κ1) is 89.1. The second-order valence-corrected chi connectivity index (χ2v) is 39.9. The van der Waals surface area contributed by atoms with E-state index in [0.717, 1.165) is 45.5 Å². The Morgan fingerprint density at radius 3 is 0.457 bits per heavy atom. The van der Waals surface area contributed by atoms with Crippen LogP contribution in [0.5, 0.6) is 92.0 Å². The third-order valence-corrected chi connectivity index (χ3v) is 22.6. The van der Waals surface area contributed by atoms with Crippen molar-refractivity contribution in [3.63, 3.8) is 0 Å².